The molecular formula is C20H22F3N3O3. The maximum absolute atomic E-state index is 13.2. The fraction of sp³-hybridized carbons (Fsp3) is 0.450. The summed E-state index contributed by atoms with van der Waals surface area (Å²) in [7, 11) is 0. The Balaban J connectivity index is 0.000000552. The normalized spacial score (nSPS) is 19.2. The van der Waals surface area contributed by atoms with Crippen molar-refractivity contribution in [2.45, 2.75) is 51.4 Å². The van der Waals surface area contributed by atoms with Gasteiger partial charge in [-0.05, 0) is 31.0 Å². The van der Waals surface area contributed by atoms with Crippen LogP contribution < -0.4 is 0 Å². The standard InChI is InChI=1S/C18H18F3N3O.C2H4O2/c19-18(20,21)12-6-7-14-13(10-12)15(11-4-2-1-3-5-11)23-17(25)16-22-8-9-24(14)16;1-2(3)4/h6-11,17,25H,1-5H2;1H3,(H,3,4). The van der Waals surface area contributed by atoms with E-state index in [1.807, 2.05) is 0 Å². The number of aromatic nitrogens is 2. The summed E-state index contributed by atoms with van der Waals surface area (Å²) in [6.07, 6.45) is 2.50. The van der Waals surface area contributed by atoms with Gasteiger partial charge in [0, 0.05) is 30.8 Å². The first-order chi connectivity index (χ1) is 13.7. The monoisotopic (exact) mass is 409 g/mol. The number of aliphatic carboxylic acids is 1. The van der Waals surface area contributed by atoms with Crippen molar-refractivity contribution in [1.29, 1.82) is 0 Å². The van der Waals surface area contributed by atoms with Crippen molar-refractivity contribution < 1.29 is 28.2 Å². The number of carbonyl (C=O) groups is 1. The van der Waals surface area contributed by atoms with E-state index in [4.69, 9.17) is 9.90 Å². The van der Waals surface area contributed by atoms with Crippen molar-refractivity contribution in [3.8, 4) is 5.69 Å². The SMILES string of the molecule is CC(=O)O.OC1N=C(C2CCCCC2)c2cc(C(F)(F)F)ccc2-n2ccnc21. The van der Waals surface area contributed by atoms with Gasteiger partial charge in [0.25, 0.3) is 5.97 Å². The molecule has 2 aliphatic rings. The van der Waals surface area contributed by atoms with Gasteiger partial charge in [-0.15, -0.1) is 0 Å². The van der Waals surface area contributed by atoms with Gasteiger partial charge in [-0.2, -0.15) is 13.2 Å². The fourth-order valence-electron chi connectivity index (χ4n) is 3.80. The van der Waals surface area contributed by atoms with Crippen LogP contribution in [0.4, 0.5) is 13.2 Å². The van der Waals surface area contributed by atoms with Crippen LogP contribution in [0.1, 0.15) is 62.2 Å². The minimum absolute atomic E-state index is 0.0650. The molecule has 29 heavy (non-hydrogen) atoms. The van der Waals surface area contributed by atoms with Crippen molar-refractivity contribution in [3.05, 3.63) is 47.5 Å². The molecule has 1 atom stereocenters. The Hall–Kier alpha value is -2.68. The molecule has 1 aromatic heterocycles. The van der Waals surface area contributed by atoms with E-state index in [9.17, 15) is 18.3 Å². The van der Waals surface area contributed by atoms with Gasteiger partial charge in [-0.1, -0.05) is 19.3 Å². The second kappa shape index (κ2) is 8.36. The van der Waals surface area contributed by atoms with Crippen molar-refractivity contribution in [2.24, 2.45) is 10.9 Å². The second-order valence-electron chi connectivity index (χ2n) is 7.13. The Labute approximate surface area is 165 Å². The first kappa shape index (κ1) is 21.0. The van der Waals surface area contributed by atoms with Gasteiger partial charge in [-0.3, -0.25) is 9.36 Å². The maximum Gasteiger partial charge on any atom is 0.416 e. The number of halogens is 3. The largest absolute Gasteiger partial charge is 0.481 e. The number of hydrogen-bond acceptors (Lipinski definition) is 4. The molecule has 156 valence electrons. The molecule has 1 aliphatic carbocycles. The van der Waals surface area contributed by atoms with Gasteiger partial charge in [0.1, 0.15) is 0 Å². The number of alkyl halides is 3. The van der Waals surface area contributed by atoms with E-state index in [0.717, 1.165) is 51.2 Å². The summed E-state index contributed by atoms with van der Waals surface area (Å²) in [6, 6.07) is 3.67. The number of nitrogens with zero attached hydrogens (tertiary/aromatic N) is 3. The number of imidazole rings is 1. The Bertz CT molecular complexity index is 911. The molecule has 6 nitrogen and oxygen atoms in total. The van der Waals surface area contributed by atoms with Crippen LogP contribution in [0.3, 0.4) is 0 Å². The fourth-order valence-corrected chi connectivity index (χ4v) is 3.80. The van der Waals surface area contributed by atoms with E-state index in [1.165, 1.54) is 12.3 Å². The summed E-state index contributed by atoms with van der Waals surface area (Å²) in [6.45, 7) is 1.08. The first-order valence-corrected chi connectivity index (χ1v) is 9.39. The van der Waals surface area contributed by atoms with E-state index >= 15 is 0 Å². The van der Waals surface area contributed by atoms with E-state index in [0.29, 0.717) is 22.8 Å². The Kier molecular flexibility index (Phi) is 6.07. The number of carboxylic acids is 1. The molecule has 1 fully saturated rings. The van der Waals surface area contributed by atoms with Gasteiger partial charge in [-0.25, -0.2) is 9.98 Å². The van der Waals surface area contributed by atoms with Crippen molar-refractivity contribution in [3.63, 3.8) is 0 Å². The molecule has 2 aromatic rings. The molecule has 0 amide bonds. The smallest absolute Gasteiger partial charge is 0.416 e. The van der Waals surface area contributed by atoms with Crippen molar-refractivity contribution in [2.75, 3.05) is 0 Å². The predicted molar refractivity (Wildman–Crippen MR) is 99.9 cm³/mol. The minimum atomic E-state index is -4.42. The lowest BCUT2D eigenvalue weighted by Crippen LogP contribution is -2.21. The molecule has 0 saturated heterocycles. The predicted octanol–water partition coefficient (Wildman–Crippen LogP) is 4.36. The van der Waals surface area contributed by atoms with Crippen LogP contribution in [0.25, 0.3) is 5.69 Å². The molecule has 0 radical (unpaired) electrons. The molecule has 4 rings (SSSR count). The van der Waals surface area contributed by atoms with Crippen LogP contribution in [-0.2, 0) is 11.0 Å². The third-order valence-electron chi connectivity index (χ3n) is 5.01. The molecule has 1 unspecified atom stereocenters. The molecule has 2 N–H and O–H groups in total. The molecule has 1 aromatic carbocycles. The number of carboxylic acid groups (broad SMARTS) is 1. The van der Waals surface area contributed by atoms with E-state index in [2.05, 4.69) is 9.98 Å². The average molecular weight is 409 g/mol. The molecule has 0 spiro atoms. The highest BCUT2D eigenvalue weighted by molar-refractivity contribution is 6.05. The number of benzene rings is 1. The van der Waals surface area contributed by atoms with Crippen LogP contribution in [-0.4, -0.2) is 31.4 Å². The minimum Gasteiger partial charge on any atom is -0.481 e. The lowest BCUT2D eigenvalue weighted by Gasteiger charge is -2.25. The Morgan fingerprint density at radius 2 is 1.86 bits per heavy atom. The van der Waals surface area contributed by atoms with E-state index < -0.39 is 23.9 Å². The molecule has 1 saturated carbocycles. The zero-order valence-corrected chi connectivity index (χ0v) is 15.9. The quantitative estimate of drug-likeness (QED) is 0.733. The number of fused-ring (bicyclic) bond motifs is 3. The summed E-state index contributed by atoms with van der Waals surface area (Å²) >= 11 is 0. The highest BCUT2D eigenvalue weighted by atomic mass is 19.4. The Morgan fingerprint density at radius 1 is 1.21 bits per heavy atom. The summed E-state index contributed by atoms with van der Waals surface area (Å²) < 4.78 is 41.3. The van der Waals surface area contributed by atoms with Crippen LogP contribution in [0.5, 0.6) is 0 Å². The first-order valence-electron chi connectivity index (χ1n) is 9.39. The van der Waals surface area contributed by atoms with Crippen molar-refractivity contribution in [1.82, 2.24) is 9.55 Å². The maximum atomic E-state index is 13.2. The molecule has 2 heterocycles. The van der Waals surface area contributed by atoms with Gasteiger partial charge in [0.2, 0.25) is 6.23 Å². The molecule has 0 bridgehead atoms. The second-order valence-corrected chi connectivity index (χ2v) is 7.13. The lowest BCUT2D eigenvalue weighted by molar-refractivity contribution is -0.137. The number of aliphatic imine (C=N–C) groups is 1. The van der Waals surface area contributed by atoms with Crippen LogP contribution in [0.2, 0.25) is 0 Å². The van der Waals surface area contributed by atoms with Crippen LogP contribution in [0.15, 0.2) is 35.6 Å². The van der Waals surface area contributed by atoms with E-state index in [-0.39, 0.29) is 5.92 Å². The summed E-state index contributed by atoms with van der Waals surface area (Å²) in [5.74, 6) is -0.443. The van der Waals surface area contributed by atoms with Gasteiger partial charge in [0.05, 0.1) is 17.0 Å². The van der Waals surface area contributed by atoms with E-state index in [1.54, 1.807) is 10.8 Å². The lowest BCUT2D eigenvalue weighted by atomic mass is 9.82. The molecule has 9 heteroatoms. The van der Waals surface area contributed by atoms with Gasteiger partial charge < -0.3 is 10.2 Å². The number of aliphatic hydroxyl groups excluding tert-OH is 1. The van der Waals surface area contributed by atoms with Crippen LogP contribution in [0, 0.1) is 5.92 Å². The third-order valence-corrected chi connectivity index (χ3v) is 5.01. The summed E-state index contributed by atoms with van der Waals surface area (Å²) in [4.78, 5) is 17.5. The van der Waals surface area contributed by atoms with Gasteiger partial charge in [0.15, 0.2) is 5.82 Å². The molecule has 1 aliphatic heterocycles. The number of aliphatic hydroxyl groups is 1. The highest BCUT2D eigenvalue weighted by Gasteiger charge is 2.34. The van der Waals surface area contributed by atoms with Crippen molar-refractivity contribution >= 4 is 11.7 Å². The number of hydrogen-bond donors (Lipinski definition) is 2. The summed E-state index contributed by atoms with van der Waals surface area (Å²) in [5, 5.41) is 17.9. The zero-order valence-electron chi connectivity index (χ0n) is 15.9. The molecular weight excluding hydrogens is 387 g/mol. The highest BCUT2D eigenvalue weighted by Crippen LogP contribution is 2.37. The summed E-state index contributed by atoms with van der Waals surface area (Å²) in [5.41, 5.74) is 0.894. The third kappa shape index (κ3) is 4.67. The van der Waals surface area contributed by atoms with Crippen LogP contribution >= 0.6 is 0 Å². The van der Waals surface area contributed by atoms with Gasteiger partial charge >= 0.3 is 6.18 Å². The zero-order chi connectivity index (χ0) is 21.2. The number of rotatable bonds is 1. The Morgan fingerprint density at radius 3 is 2.48 bits per heavy atom. The average Bonchev–Trinajstić information content (AvgIpc) is 3.11. The topological polar surface area (TPSA) is 87.7 Å².